The molecule has 1 amide bonds. The molecule has 1 aliphatic heterocycles. The van der Waals surface area contributed by atoms with Crippen molar-refractivity contribution in [3.63, 3.8) is 0 Å². The van der Waals surface area contributed by atoms with Gasteiger partial charge in [0.25, 0.3) is 5.91 Å². The van der Waals surface area contributed by atoms with E-state index in [-0.39, 0.29) is 12.5 Å². The first-order chi connectivity index (χ1) is 14.1. The summed E-state index contributed by atoms with van der Waals surface area (Å²) in [5.41, 5.74) is 1.49. The average molecular weight is 395 g/mol. The molecule has 0 N–H and O–H groups in total. The Morgan fingerprint density at radius 1 is 1.03 bits per heavy atom. The number of methoxy groups -OCH3 is 2. The molecule has 1 saturated heterocycles. The predicted octanol–water partition coefficient (Wildman–Crippen LogP) is 2.30. The van der Waals surface area contributed by atoms with Crippen LogP contribution >= 0.6 is 0 Å². The van der Waals surface area contributed by atoms with Gasteiger partial charge >= 0.3 is 0 Å². The Balaban J connectivity index is 1.51. The van der Waals surface area contributed by atoms with Crippen molar-refractivity contribution in [3.05, 3.63) is 53.6 Å². The highest BCUT2D eigenvalue weighted by molar-refractivity contribution is 5.78. The zero-order valence-corrected chi connectivity index (χ0v) is 16.8. The summed E-state index contributed by atoms with van der Waals surface area (Å²) in [7, 11) is 3.30. The Hall–Kier alpha value is -3.24. The maximum absolute atomic E-state index is 12.5. The van der Waals surface area contributed by atoms with E-state index in [0.717, 1.165) is 36.7 Å². The van der Waals surface area contributed by atoms with Crippen molar-refractivity contribution in [2.75, 3.05) is 47.0 Å². The number of nitriles is 1. The van der Waals surface area contributed by atoms with Crippen LogP contribution in [0.25, 0.3) is 0 Å². The largest absolute Gasteiger partial charge is 0.497 e. The smallest absolute Gasteiger partial charge is 0.260 e. The van der Waals surface area contributed by atoms with Gasteiger partial charge < -0.3 is 19.1 Å². The molecule has 3 rings (SSSR count). The van der Waals surface area contributed by atoms with Crippen LogP contribution in [0.1, 0.15) is 11.1 Å². The molecule has 0 spiro atoms. The fourth-order valence-electron chi connectivity index (χ4n) is 3.32. The van der Waals surface area contributed by atoms with Crippen LogP contribution in [0.15, 0.2) is 42.5 Å². The Bertz CT molecular complexity index is 886. The molecule has 0 aliphatic carbocycles. The van der Waals surface area contributed by atoms with E-state index in [1.54, 1.807) is 43.4 Å². The van der Waals surface area contributed by atoms with E-state index in [4.69, 9.17) is 19.5 Å². The van der Waals surface area contributed by atoms with E-state index in [1.165, 1.54) is 0 Å². The van der Waals surface area contributed by atoms with E-state index in [0.29, 0.717) is 24.4 Å². The minimum absolute atomic E-state index is 0.0671. The molecular formula is C22H25N3O4. The van der Waals surface area contributed by atoms with Gasteiger partial charge in [0.2, 0.25) is 0 Å². The zero-order valence-electron chi connectivity index (χ0n) is 16.8. The Labute approximate surface area is 171 Å². The van der Waals surface area contributed by atoms with Gasteiger partial charge in [-0.15, -0.1) is 0 Å². The summed E-state index contributed by atoms with van der Waals surface area (Å²) in [5.74, 6) is 1.99. The zero-order chi connectivity index (χ0) is 20.6. The monoisotopic (exact) mass is 395 g/mol. The number of benzene rings is 2. The molecule has 0 saturated carbocycles. The number of ether oxygens (including phenoxy) is 3. The van der Waals surface area contributed by atoms with Gasteiger partial charge in [0, 0.05) is 38.3 Å². The van der Waals surface area contributed by atoms with Crippen molar-refractivity contribution in [2.45, 2.75) is 6.54 Å². The van der Waals surface area contributed by atoms with Crippen molar-refractivity contribution in [1.82, 2.24) is 9.80 Å². The van der Waals surface area contributed by atoms with Gasteiger partial charge in [-0.05, 0) is 30.3 Å². The first-order valence-electron chi connectivity index (χ1n) is 9.47. The van der Waals surface area contributed by atoms with Crippen LogP contribution in [0.5, 0.6) is 17.2 Å². The van der Waals surface area contributed by atoms with Gasteiger partial charge in [-0.25, -0.2) is 0 Å². The normalized spacial score (nSPS) is 14.2. The molecule has 0 atom stereocenters. The Morgan fingerprint density at radius 3 is 2.48 bits per heavy atom. The SMILES string of the molecule is COc1ccc(OC)c(CN2CCN(C(=O)COc3ccccc3C#N)CC2)c1. The van der Waals surface area contributed by atoms with Crippen LogP contribution in [0, 0.1) is 11.3 Å². The molecule has 152 valence electrons. The summed E-state index contributed by atoms with van der Waals surface area (Å²) in [6.45, 7) is 3.46. The van der Waals surface area contributed by atoms with E-state index in [1.807, 2.05) is 18.2 Å². The Morgan fingerprint density at radius 2 is 1.79 bits per heavy atom. The first kappa shape index (κ1) is 20.5. The van der Waals surface area contributed by atoms with Crippen LogP contribution in [-0.2, 0) is 11.3 Å². The fraction of sp³-hybridized carbons (Fsp3) is 0.364. The predicted molar refractivity (Wildman–Crippen MR) is 108 cm³/mol. The molecule has 7 nitrogen and oxygen atoms in total. The van der Waals surface area contributed by atoms with Crippen molar-refractivity contribution < 1.29 is 19.0 Å². The number of carbonyl (C=O) groups is 1. The molecule has 2 aromatic rings. The van der Waals surface area contributed by atoms with Gasteiger partial charge in [0.15, 0.2) is 6.61 Å². The standard InChI is InChI=1S/C22H25N3O4/c1-27-19-7-8-20(28-2)18(13-19)15-24-9-11-25(12-10-24)22(26)16-29-21-6-4-3-5-17(21)14-23/h3-8,13H,9-12,15-16H2,1-2H3. The summed E-state index contributed by atoms with van der Waals surface area (Å²) >= 11 is 0. The lowest BCUT2D eigenvalue weighted by Crippen LogP contribution is -2.49. The van der Waals surface area contributed by atoms with Crippen molar-refractivity contribution in [3.8, 4) is 23.3 Å². The molecule has 29 heavy (non-hydrogen) atoms. The highest BCUT2D eigenvalue weighted by Gasteiger charge is 2.22. The Kier molecular flexibility index (Phi) is 6.93. The summed E-state index contributed by atoms with van der Waals surface area (Å²) in [6.07, 6.45) is 0. The number of rotatable bonds is 7. The maximum atomic E-state index is 12.5. The lowest BCUT2D eigenvalue weighted by Gasteiger charge is -2.35. The second-order valence-electron chi connectivity index (χ2n) is 6.73. The van der Waals surface area contributed by atoms with Gasteiger partial charge in [-0.2, -0.15) is 5.26 Å². The topological polar surface area (TPSA) is 75.0 Å². The van der Waals surface area contributed by atoms with E-state index in [2.05, 4.69) is 11.0 Å². The minimum atomic E-state index is -0.0728. The van der Waals surface area contributed by atoms with Crippen LogP contribution in [0.4, 0.5) is 0 Å². The number of nitrogens with zero attached hydrogens (tertiary/aromatic N) is 3. The summed E-state index contributed by atoms with van der Waals surface area (Å²) in [5, 5.41) is 9.11. The molecule has 1 aliphatic rings. The third kappa shape index (κ3) is 5.18. The molecule has 1 fully saturated rings. The molecule has 1 heterocycles. The van der Waals surface area contributed by atoms with Gasteiger partial charge in [0.1, 0.15) is 23.3 Å². The van der Waals surface area contributed by atoms with Crippen LogP contribution in [0.2, 0.25) is 0 Å². The molecule has 0 unspecified atom stereocenters. The van der Waals surface area contributed by atoms with Crippen LogP contribution < -0.4 is 14.2 Å². The lowest BCUT2D eigenvalue weighted by atomic mass is 10.1. The number of para-hydroxylation sites is 1. The van der Waals surface area contributed by atoms with Crippen LogP contribution in [-0.4, -0.2) is 62.7 Å². The molecular weight excluding hydrogens is 370 g/mol. The van der Waals surface area contributed by atoms with Gasteiger partial charge in [-0.3, -0.25) is 9.69 Å². The lowest BCUT2D eigenvalue weighted by molar-refractivity contribution is -0.135. The van der Waals surface area contributed by atoms with Crippen molar-refractivity contribution in [1.29, 1.82) is 5.26 Å². The van der Waals surface area contributed by atoms with E-state index < -0.39 is 0 Å². The van der Waals surface area contributed by atoms with Gasteiger partial charge in [-0.1, -0.05) is 12.1 Å². The number of carbonyl (C=O) groups excluding carboxylic acids is 1. The second-order valence-corrected chi connectivity index (χ2v) is 6.73. The third-order valence-electron chi connectivity index (χ3n) is 4.97. The molecule has 0 bridgehead atoms. The quantitative estimate of drug-likeness (QED) is 0.716. The maximum Gasteiger partial charge on any atom is 0.260 e. The van der Waals surface area contributed by atoms with E-state index >= 15 is 0 Å². The number of hydrogen-bond donors (Lipinski definition) is 0. The molecule has 2 aromatic carbocycles. The molecule has 7 heteroatoms. The average Bonchev–Trinajstić information content (AvgIpc) is 2.78. The van der Waals surface area contributed by atoms with Gasteiger partial charge in [0.05, 0.1) is 19.8 Å². The summed E-state index contributed by atoms with van der Waals surface area (Å²) in [4.78, 5) is 16.6. The highest BCUT2D eigenvalue weighted by Crippen LogP contribution is 2.25. The summed E-state index contributed by atoms with van der Waals surface area (Å²) < 4.78 is 16.3. The van der Waals surface area contributed by atoms with Crippen molar-refractivity contribution in [2.24, 2.45) is 0 Å². The fourth-order valence-corrected chi connectivity index (χ4v) is 3.32. The highest BCUT2D eigenvalue weighted by atomic mass is 16.5. The second kappa shape index (κ2) is 9.80. The first-order valence-corrected chi connectivity index (χ1v) is 9.47. The number of hydrogen-bond acceptors (Lipinski definition) is 6. The summed E-state index contributed by atoms with van der Waals surface area (Å²) in [6, 6.07) is 14.8. The minimum Gasteiger partial charge on any atom is -0.497 e. The van der Waals surface area contributed by atoms with Crippen molar-refractivity contribution >= 4 is 5.91 Å². The number of piperazine rings is 1. The van der Waals surface area contributed by atoms with E-state index in [9.17, 15) is 4.79 Å². The number of amides is 1. The third-order valence-corrected chi connectivity index (χ3v) is 4.97. The molecule has 0 aromatic heterocycles. The van der Waals surface area contributed by atoms with Crippen LogP contribution in [0.3, 0.4) is 0 Å². The molecule has 0 radical (unpaired) electrons.